The smallest absolute Gasteiger partial charge is 0.322 e. The molecule has 1 heterocycles. The minimum absolute atomic E-state index is 0.0352. The topological polar surface area (TPSA) is 100 Å². The van der Waals surface area contributed by atoms with Crippen molar-refractivity contribution in [3.05, 3.63) is 18.2 Å². The van der Waals surface area contributed by atoms with Crippen LogP contribution < -0.4 is 15.2 Å². The van der Waals surface area contributed by atoms with E-state index >= 15 is 0 Å². The zero-order valence-electron chi connectivity index (χ0n) is 14.9. The van der Waals surface area contributed by atoms with Crippen LogP contribution in [0.4, 0.5) is 5.69 Å². The molecule has 8 nitrogen and oxygen atoms in total. The number of fused-ring (bicyclic) bond motifs is 1. The highest BCUT2D eigenvalue weighted by molar-refractivity contribution is 5.67. The first-order valence-electron chi connectivity index (χ1n) is 8.01. The lowest BCUT2D eigenvalue weighted by Crippen LogP contribution is -2.55. The van der Waals surface area contributed by atoms with Gasteiger partial charge in [-0.15, -0.1) is 5.06 Å². The third-order valence-electron chi connectivity index (χ3n) is 3.58. The number of ether oxygens (including phenoxy) is 3. The van der Waals surface area contributed by atoms with Crippen LogP contribution in [0, 0.1) is 0 Å². The Kier molecular flexibility index (Phi) is 5.73. The number of nitrogen functional groups attached to an aromatic ring is 1. The lowest BCUT2D eigenvalue weighted by molar-refractivity contribution is -0.220. The van der Waals surface area contributed by atoms with Crippen molar-refractivity contribution < 1.29 is 28.6 Å². The van der Waals surface area contributed by atoms with E-state index in [1.807, 2.05) is 13.8 Å². The number of benzene rings is 1. The van der Waals surface area contributed by atoms with Crippen molar-refractivity contribution in [1.82, 2.24) is 5.06 Å². The fourth-order valence-corrected chi connectivity index (χ4v) is 2.47. The Morgan fingerprint density at radius 3 is 2.40 bits per heavy atom. The monoisotopic (exact) mass is 352 g/mol. The summed E-state index contributed by atoms with van der Waals surface area (Å²) in [4.78, 5) is 28.2. The first kappa shape index (κ1) is 18.9. The van der Waals surface area contributed by atoms with Gasteiger partial charge in [0.2, 0.25) is 0 Å². The van der Waals surface area contributed by atoms with Gasteiger partial charge in [0.05, 0.1) is 6.54 Å². The highest BCUT2D eigenvalue weighted by atomic mass is 16.7. The van der Waals surface area contributed by atoms with Gasteiger partial charge in [-0.25, -0.2) is 0 Å². The van der Waals surface area contributed by atoms with Gasteiger partial charge < -0.3 is 24.8 Å². The number of nitrogens with two attached hydrogens (primary N) is 1. The molecule has 0 amide bonds. The molecule has 8 heteroatoms. The van der Waals surface area contributed by atoms with Gasteiger partial charge in [-0.1, -0.05) is 0 Å². The third-order valence-corrected chi connectivity index (χ3v) is 3.58. The minimum atomic E-state index is -1.14. The van der Waals surface area contributed by atoms with Crippen LogP contribution in [0.5, 0.6) is 11.5 Å². The summed E-state index contributed by atoms with van der Waals surface area (Å²) in [5, 5.41) is 1.45. The number of rotatable bonds is 5. The van der Waals surface area contributed by atoms with E-state index in [1.54, 1.807) is 18.2 Å². The standard InChI is InChI=1S/C17H24N2O6/c1-11(2)19(25-13(4)21)8-17(24-12(3)20)9-22-15-6-5-14(18)7-16(15)23-10-17/h5-7,11H,8-10,18H2,1-4H3. The molecule has 1 unspecified atom stereocenters. The largest absolute Gasteiger partial charge is 0.485 e. The van der Waals surface area contributed by atoms with Crippen molar-refractivity contribution >= 4 is 17.6 Å². The van der Waals surface area contributed by atoms with E-state index in [0.717, 1.165) is 0 Å². The molecule has 0 spiro atoms. The number of hydrogen-bond acceptors (Lipinski definition) is 8. The molecule has 0 fully saturated rings. The number of carbonyl (C=O) groups is 2. The maximum absolute atomic E-state index is 11.7. The van der Waals surface area contributed by atoms with Crippen LogP contribution in [0.25, 0.3) is 0 Å². The van der Waals surface area contributed by atoms with Crippen LogP contribution in [-0.4, -0.2) is 48.4 Å². The van der Waals surface area contributed by atoms with E-state index in [0.29, 0.717) is 17.2 Å². The Labute approximate surface area is 146 Å². The molecule has 25 heavy (non-hydrogen) atoms. The van der Waals surface area contributed by atoms with Crippen LogP contribution in [0.2, 0.25) is 0 Å². The number of hydrogen-bond donors (Lipinski definition) is 1. The summed E-state index contributed by atoms with van der Waals surface area (Å²) >= 11 is 0. The van der Waals surface area contributed by atoms with Crippen molar-refractivity contribution in [2.24, 2.45) is 0 Å². The molecule has 1 aliphatic rings. The molecule has 0 aliphatic carbocycles. The normalized spacial score (nSPS) is 19.4. The van der Waals surface area contributed by atoms with Gasteiger partial charge in [-0.2, -0.15) is 0 Å². The maximum atomic E-state index is 11.7. The Balaban J connectivity index is 2.26. The highest BCUT2D eigenvalue weighted by Gasteiger charge is 2.42. The Morgan fingerprint density at radius 1 is 1.20 bits per heavy atom. The van der Waals surface area contributed by atoms with Gasteiger partial charge in [-0.3, -0.25) is 9.59 Å². The average Bonchev–Trinajstić information content (AvgIpc) is 2.66. The summed E-state index contributed by atoms with van der Waals surface area (Å²) in [5.41, 5.74) is 5.16. The molecule has 138 valence electrons. The molecular weight excluding hydrogens is 328 g/mol. The van der Waals surface area contributed by atoms with E-state index < -0.39 is 17.5 Å². The summed E-state index contributed by atoms with van der Waals surface area (Å²) in [6.07, 6.45) is 0. The molecule has 1 aromatic carbocycles. The second-order valence-electron chi connectivity index (χ2n) is 6.31. The van der Waals surface area contributed by atoms with E-state index in [2.05, 4.69) is 0 Å². The summed E-state index contributed by atoms with van der Waals surface area (Å²) < 4.78 is 17.1. The predicted molar refractivity (Wildman–Crippen MR) is 89.9 cm³/mol. The summed E-state index contributed by atoms with van der Waals surface area (Å²) in [6, 6.07) is 4.91. The van der Waals surface area contributed by atoms with Crippen molar-refractivity contribution in [2.45, 2.75) is 39.3 Å². The summed E-state index contributed by atoms with van der Waals surface area (Å²) in [7, 11) is 0. The van der Waals surface area contributed by atoms with Crippen LogP contribution in [0.3, 0.4) is 0 Å². The number of hydroxylamine groups is 2. The molecule has 0 saturated heterocycles. The average molecular weight is 352 g/mol. The lowest BCUT2D eigenvalue weighted by atomic mass is 10.1. The van der Waals surface area contributed by atoms with Crippen LogP contribution in [0.1, 0.15) is 27.7 Å². The van der Waals surface area contributed by atoms with Crippen LogP contribution >= 0.6 is 0 Å². The molecule has 1 aromatic rings. The van der Waals surface area contributed by atoms with Gasteiger partial charge >= 0.3 is 11.9 Å². The molecular formula is C17H24N2O6. The maximum Gasteiger partial charge on any atom is 0.322 e. The Bertz CT molecular complexity index is 648. The van der Waals surface area contributed by atoms with Crippen LogP contribution in [0.15, 0.2) is 18.2 Å². The molecule has 0 aromatic heterocycles. The fraction of sp³-hybridized carbons (Fsp3) is 0.529. The SMILES string of the molecule is CC(=O)ON(CC1(OC(C)=O)COc2ccc(N)cc2OC1)C(C)C. The Morgan fingerprint density at radius 2 is 1.84 bits per heavy atom. The number of nitrogens with zero attached hydrogens (tertiary/aromatic N) is 1. The number of esters is 1. The van der Waals surface area contributed by atoms with E-state index in [1.165, 1.54) is 18.9 Å². The molecule has 0 saturated carbocycles. The number of anilines is 1. The van der Waals surface area contributed by atoms with Gasteiger partial charge in [0.1, 0.15) is 13.2 Å². The van der Waals surface area contributed by atoms with E-state index in [-0.39, 0.29) is 25.8 Å². The zero-order valence-corrected chi connectivity index (χ0v) is 14.9. The molecule has 1 aliphatic heterocycles. The third kappa shape index (κ3) is 4.99. The number of carbonyl (C=O) groups excluding carboxylic acids is 2. The molecule has 0 bridgehead atoms. The lowest BCUT2D eigenvalue weighted by Gasteiger charge is -2.35. The van der Waals surface area contributed by atoms with E-state index in [9.17, 15) is 9.59 Å². The van der Waals surface area contributed by atoms with Gasteiger partial charge in [0.25, 0.3) is 0 Å². The second-order valence-corrected chi connectivity index (χ2v) is 6.31. The van der Waals surface area contributed by atoms with Crippen molar-refractivity contribution in [2.75, 3.05) is 25.5 Å². The molecule has 1 atom stereocenters. The van der Waals surface area contributed by atoms with E-state index in [4.69, 9.17) is 24.8 Å². The van der Waals surface area contributed by atoms with Crippen LogP contribution in [-0.2, 0) is 19.2 Å². The predicted octanol–water partition coefficient (Wildman–Crippen LogP) is 1.53. The molecule has 0 radical (unpaired) electrons. The molecule has 2 N–H and O–H groups in total. The van der Waals surface area contributed by atoms with Gasteiger partial charge in [-0.05, 0) is 26.0 Å². The summed E-state index contributed by atoms with van der Waals surface area (Å²) in [5.74, 6) is 0.0341. The first-order valence-corrected chi connectivity index (χ1v) is 8.01. The fourth-order valence-electron chi connectivity index (χ4n) is 2.47. The van der Waals surface area contributed by atoms with Gasteiger partial charge in [0.15, 0.2) is 17.1 Å². The zero-order chi connectivity index (χ0) is 18.6. The van der Waals surface area contributed by atoms with Crippen molar-refractivity contribution in [3.63, 3.8) is 0 Å². The highest BCUT2D eigenvalue weighted by Crippen LogP contribution is 2.34. The molecule has 2 rings (SSSR count). The Hall–Kier alpha value is -2.48. The second kappa shape index (κ2) is 7.60. The quantitative estimate of drug-likeness (QED) is 0.484. The minimum Gasteiger partial charge on any atom is -0.485 e. The van der Waals surface area contributed by atoms with Crippen molar-refractivity contribution in [3.8, 4) is 11.5 Å². The van der Waals surface area contributed by atoms with Crippen molar-refractivity contribution in [1.29, 1.82) is 0 Å². The first-order chi connectivity index (χ1) is 11.7. The summed E-state index contributed by atoms with van der Waals surface area (Å²) in [6.45, 7) is 6.53. The van der Waals surface area contributed by atoms with Gasteiger partial charge in [0, 0.05) is 31.6 Å².